The fourth-order valence-electron chi connectivity index (χ4n) is 3.63. The van der Waals surface area contributed by atoms with E-state index in [1.165, 1.54) is 6.21 Å². The minimum Gasteiger partial charge on any atom is -0.489 e. The predicted molar refractivity (Wildman–Crippen MR) is 161 cm³/mol. The maximum atomic E-state index is 13.0. The minimum absolute atomic E-state index is 0.0620. The van der Waals surface area contributed by atoms with E-state index in [9.17, 15) is 9.59 Å². The molecule has 0 aliphatic carbocycles. The van der Waals surface area contributed by atoms with Crippen LogP contribution in [0, 0.1) is 0 Å². The van der Waals surface area contributed by atoms with Crippen molar-refractivity contribution < 1.29 is 14.3 Å². The van der Waals surface area contributed by atoms with Crippen LogP contribution in [0.1, 0.15) is 27.0 Å². The Kier molecular flexibility index (Phi) is 9.69. The number of hydrogen-bond acceptors (Lipinski definition) is 5. The van der Waals surface area contributed by atoms with Crippen LogP contribution in [-0.4, -0.2) is 32.1 Å². The van der Waals surface area contributed by atoms with Gasteiger partial charge in [0.1, 0.15) is 18.1 Å². The SMILES string of the molecule is CN(C)c1ccc(/C=C(\NC(=O)c2ccccc2)C(=O)N/N=C/c2ccc(OCc3ccccc3Cl)cc2)cc1. The first-order valence-corrected chi connectivity index (χ1v) is 12.9. The van der Waals surface area contributed by atoms with Gasteiger partial charge < -0.3 is 15.0 Å². The lowest BCUT2D eigenvalue weighted by Gasteiger charge is -2.12. The van der Waals surface area contributed by atoms with E-state index in [2.05, 4.69) is 15.8 Å². The van der Waals surface area contributed by atoms with Crippen molar-refractivity contribution in [1.82, 2.24) is 10.7 Å². The molecule has 0 atom stereocenters. The Morgan fingerprint density at radius 3 is 2.17 bits per heavy atom. The normalized spacial score (nSPS) is 11.2. The first kappa shape index (κ1) is 28.1. The van der Waals surface area contributed by atoms with Gasteiger partial charge in [-0.15, -0.1) is 0 Å². The number of halogens is 1. The van der Waals surface area contributed by atoms with E-state index >= 15 is 0 Å². The molecule has 202 valence electrons. The zero-order valence-corrected chi connectivity index (χ0v) is 22.9. The van der Waals surface area contributed by atoms with E-state index in [0.717, 1.165) is 22.4 Å². The molecule has 2 N–H and O–H groups in total. The molecule has 0 unspecified atom stereocenters. The van der Waals surface area contributed by atoms with Gasteiger partial charge >= 0.3 is 0 Å². The van der Waals surface area contributed by atoms with Crippen molar-refractivity contribution in [2.45, 2.75) is 6.61 Å². The fourth-order valence-corrected chi connectivity index (χ4v) is 3.82. The molecule has 40 heavy (non-hydrogen) atoms. The van der Waals surface area contributed by atoms with Crippen molar-refractivity contribution in [2.24, 2.45) is 5.10 Å². The molecule has 0 spiro atoms. The highest BCUT2D eigenvalue weighted by atomic mass is 35.5. The number of nitrogens with zero attached hydrogens (tertiary/aromatic N) is 2. The summed E-state index contributed by atoms with van der Waals surface area (Å²) >= 11 is 6.18. The van der Waals surface area contributed by atoms with E-state index in [-0.39, 0.29) is 5.70 Å². The molecule has 0 saturated heterocycles. The summed E-state index contributed by atoms with van der Waals surface area (Å²) in [6.07, 6.45) is 3.12. The molecule has 0 aliphatic rings. The Morgan fingerprint density at radius 2 is 1.50 bits per heavy atom. The van der Waals surface area contributed by atoms with Gasteiger partial charge in [-0.1, -0.05) is 60.1 Å². The molecule has 0 bridgehead atoms. The Balaban J connectivity index is 1.42. The van der Waals surface area contributed by atoms with E-state index in [1.807, 2.05) is 97.9 Å². The molecule has 0 aliphatic heterocycles. The number of nitrogens with one attached hydrogen (secondary N) is 2. The summed E-state index contributed by atoms with van der Waals surface area (Å²) in [5.74, 6) is -0.282. The van der Waals surface area contributed by atoms with Gasteiger partial charge in [0.25, 0.3) is 11.8 Å². The van der Waals surface area contributed by atoms with Crippen LogP contribution in [0.25, 0.3) is 6.08 Å². The van der Waals surface area contributed by atoms with Crippen LogP contribution >= 0.6 is 11.6 Å². The number of amides is 2. The van der Waals surface area contributed by atoms with Crippen LogP contribution in [0.15, 0.2) is 114 Å². The number of hydrazone groups is 1. The Hall–Kier alpha value is -4.88. The van der Waals surface area contributed by atoms with Crippen LogP contribution in [0.3, 0.4) is 0 Å². The number of carbonyl (C=O) groups is 2. The number of carbonyl (C=O) groups excluding carboxylic acids is 2. The second-order valence-electron chi connectivity index (χ2n) is 9.01. The Labute approximate surface area is 238 Å². The summed E-state index contributed by atoms with van der Waals surface area (Å²) in [7, 11) is 3.90. The average molecular weight is 553 g/mol. The standard InChI is InChI=1S/C32H29ClN4O3/c1-37(2)27-16-12-23(13-17-27)20-30(35-31(38)25-8-4-3-5-9-25)32(39)36-34-21-24-14-18-28(19-15-24)40-22-26-10-6-7-11-29(26)33/h3-21H,22H2,1-2H3,(H,35,38)(H,36,39)/b30-20-,34-21+. The molecule has 4 aromatic carbocycles. The molecule has 0 fully saturated rings. The van der Waals surface area contributed by atoms with E-state index < -0.39 is 11.8 Å². The predicted octanol–water partition coefficient (Wildman–Crippen LogP) is 5.91. The number of benzene rings is 4. The zero-order valence-electron chi connectivity index (χ0n) is 22.2. The topological polar surface area (TPSA) is 83.0 Å². The van der Waals surface area contributed by atoms with Crippen molar-refractivity contribution in [3.05, 3.63) is 136 Å². The summed E-state index contributed by atoms with van der Waals surface area (Å²) in [5.41, 5.74) is 6.41. The van der Waals surface area contributed by atoms with Crippen LogP contribution in [0.2, 0.25) is 5.02 Å². The van der Waals surface area contributed by atoms with Gasteiger partial charge in [0.15, 0.2) is 0 Å². The molecule has 4 rings (SSSR count). The quantitative estimate of drug-likeness (QED) is 0.146. The van der Waals surface area contributed by atoms with Gasteiger partial charge in [-0.3, -0.25) is 9.59 Å². The number of anilines is 1. The zero-order chi connectivity index (χ0) is 28.3. The van der Waals surface area contributed by atoms with Gasteiger partial charge in [0, 0.05) is 35.9 Å². The van der Waals surface area contributed by atoms with Gasteiger partial charge in [-0.25, -0.2) is 5.43 Å². The molecule has 0 aromatic heterocycles. The maximum absolute atomic E-state index is 13.0. The highest BCUT2D eigenvalue weighted by molar-refractivity contribution is 6.31. The molecule has 4 aromatic rings. The van der Waals surface area contributed by atoms with Gasteiger partial charge in [0.05, 0.1) is 6.21 Å². The summed E-state index contributed by atoms with van der Waals surface area (Å²) < 4.78 is 5.80. The largest absolute Gasteiger partial charge is 0.489 e. The molecule has 7 nitrogen and oxygen atoms in total. The van der Waals surface area contributed by atoms with Gasteiger partial charge in [-0.2, -0.15) is 5.10 Å². The van der Waals surface area contributed by atoms with Crippen LogP contribution in [-0.2, 0) is 11.4 Å². The van der Waals surface area contributed by atoms with Crippen molar-refractivity contribution in [3.63, 3.8) is 0 Å². The molecule has 0 saturated carbocycles. The summed E-state index contributed by atoms with van der Waals surface area (Å²) in [6.45, 7) is 0.352. The fraction of sp³-hybridized carbons (Fsp3) is 0.0938. The van der Waals surface area contributed by atoms with Gasteiger partial charge in [-0.05, 0) is 71.8 Å². The van der Waals surface area contributed by atoms with Crippen molar-refractivity contribution in [2.75, 3.05) is 19.0 Å². The van der Waals surface area contributed by atoms with Crippen LogP contribution < -0.4 is 20.4 Å². The second-order valence-corrected chi connectivity index (χ2v) is 9.42. The van der Waals surface area contributed by atoms with Crippen molar-refractivity contribution in [3.8, 4) is 5.75 Å². The molecule has 0 radical (unpaired) electrons. The van der Waals surface area contributed by atoms with Crippen LogP contribution in [0.4, 0.5) is 5.69 Å². The van der Waals surface area contributed by atoms with E-state index in [1.54, 1.807) is 30.3 Å². The highest BCUT2D eigenvalue weighted by Gasteiger charge is 2.14. The van der Waals surface area contributed by atoms with E-state index in [0.29, 0.717) is 22.9 Å². The lowest BCUT2D eigenvalue weighted by Crippen LogP contribution is -2.32. The third-order valence-electron chi connectivity index (χ3n) is 5.86. The Morgan fingerprint density at radius 1 is 0.850 bits per heavy atom. The molecule has 8 heteroatoms. The third-order valence-corrected chi connectivity index (χ3v) is 6.23. The lowest BCUT2D eigenvalue weighted by molar-refractivity contribution is -0.117. The number of rotatable bonds is 10. The second kappa shape index (κ2) is 13.8. The number of hydrogen-bond donors (Lipinski definition) is 2. The molecule has 0 heterocycles. The third kappa shape index (κ3) is 8.06. The average Bonchev–Trinajstić information content (AvgIpc) is 2.97. The van der Waals surface area contributed by atoms with E-state index in [4.69, 9.17) is 16.3 Å². The summed E-state index contributed by atoms with van der Waals surface area (Å²) in [4.78, 5) is 27.8. The number of ether oxygens (including phenoxy) is 1. The highest BCUT2D eigenvalue weighted by Crippen LogP contribution is 2.19. The first-order valence-electron chi connectivity index (χ1n) is 12.5. The summed E-state index contributed by atoms with van der Waals surface area (Å²) in [5, 5.41) is 7.43. The summed E-state index contributed by atoms with van der Waals surface area (Å²) in [6, 6.07) is 31.1. The minimum atomic E-state index is -0.558. The molecular formula is C32H29ClN4O3. The maximum Gasteiger partial charge on any atom is 0.287 e. The molecule has 2 amide bonds. The van der Waals surface area contributed by atoms with Crippen molar-refractivity contribution >= 4 is 41.4 Å². The van der Waals surface area contributed by atoms with Gasteiger partial charge in [0.2, 0.25) is 0 Å². The molecular weight excluding hydrogens is 524 g/mol. The lowest BCUT2D eigenvalue weighted by atomic mass is 10.1. The first-order chi connectivity index (χ1) is 19.4. The Bertz CT molecular complexity index is 1500. The monoisotopic (exact) mass is 552 g/mol. The van der Waals surface area contributed by atoms with Crippen molar-refractivity contribution in [1.29, 1.82) is 0 Å². The van der Waals surface area contributed by atoms with Crippen LogP contribution in [0.5, 0.6) is 5.75 Å². The smallest absolute Gasteiger partial charge is 0.287 e.